The third-order valence-corrected chi connectivity index (χ3v) is 8.15. The Morgan fingerprint density at radius 1 is 1.07 bits per heavy atom. The number of piperidine rings is 1. The van der Waals surface area contributed by atoms with Crippen LogP contribution in [0.3, 0.4) is 0 Å². The van der Waals surface area contributed by atoms with Crippen molar-refractivity contribution in [3.05, 3.63) is 78.2 Å². The number of fused-ring (bicyclic) bond motifs is 1. The number of anilines is 1. The molecule has 1 aliphatic rings. The lowest BCUT2D eigenvalue weighted by atomic mass is 9.93. The van der Waals surface area contributed by atoms with Gasteiger partial charge >= 0.3 is 0 Å². The van der Waals surface area contributed by atoms with E-state index in [4.69, 9.17) is 9.72 Å². The second-order valence-corrected chi connectivity index (χ2v) is 11.6. The van der Waals surface area contributed by atoms with Crippen molar-refractivity contribution < 1.29 is 9.53 Å². The third kappa shape index (κ3) is 6.96. The molecule has 2 aromatic heterocycles. The second kappa shape index (κ2) is 13.3. The number of hydrogen-bond donors (Lipinski definition) is 0. The molecule has 1 aliphatic heterocycles. The molecule has 2 aromatic carbocycles. The van der Waals surface area contributed by atoms with Gasteiger partial charge < -0.3 is 19.1 Å². The molecule has 1 fully saturated rings. The SMILES string of the molecule is COCCCn1c([C@@H]2CCCN(C(=O)C[C@H](C)Cc3ccc(-c4ccc(N(C)C)nc4)cc3)C2)nc2ccccc21. The van der Waals surface area contributed by atoms with Crippen molar-refractivity contribution in [3.8, 4) is 11.1 Å². The molecule has 0 saturated carbocycles. The van der Waals surface area contributed by atoms with Crippen LogP contribution >= 0.6 is 0 Å². The van der Waals surface area contributed by atoms with Gasteiger partial charge in [0.2, 0.25) is 5.91 Å². The van der Waals surface area contributed by atoms with Crippen LogP contribution in [-0.2, 0) is 22.5 Å². The fourth-order valence-electron chi connectivity index (χ4n) is 5.98. The van der Waals surface area contributed by atoms with Gasteiger partial charge in [0.1, 0.15) is 11.6 Å². The van der Waals surface area contributed by atoms with E-state index in [9.17, 15) is 4.79 Å². The molecule has 0 N–H and O–H groups in total. The first-order chi connectivity index (χ1) is 19.9. The lowest BCUT2D eigenvalue weighted by Gasteiger charge is -2.33. The van der Waals surface area contributed by atoms with Crippen molar-refractivity contribution in [2.24, 2.45) is 5.92 Å². The van der Waals surface area contributed by atoms with Gasteiger partial charge in [-0.05, 0) is 67.0 Å². The Morgan fingerprint density at radius 2 is 1.85 bits per heavy atom. The number of para-hydroxylation sites is 2. The smallest absolute Gasteiger partial charge is 0.222 e. The van der Waals surface area contributed by atoms with Gasteiger partial charge in [0, 0.05) is 71.5 Å². The van der Waals surface area contributed by atoms with Gasteiger partial charge in [-0.15, -0.1) is 0 Å². The summed E-state index contributed by atoms with van der Waals surface area (Å²) in [6, 6.07) is 21.2. The maximum Gasteiger partial charge on any atom is 0.222 e. The third-order valence-electron chi connectivity index (χ3n) is 8.15. The first kappa shape index (κ1) is 28.8. The summed E-state index contributed by atoms with van der Waals surface area (Å²) >= 11 is 0. The molecular formula is C34H43N5O2. The van der Waals surface area contributed by atoms with Crippen LogP contribution in [-0.4, -0.2) is 66.2 Å². The molecule has 7 heteroatoms. The van der Waals surface area contributed by atoms with Crippen LogP contribution in [0.5, 0.6) is 0 Å². The molecular weight excluding hydrogens is 510 g/mol. The Hall–Kier alpha value is -3.71. The highest BCUT2D eigenvalue weighted by Gasteiger charge is 2.29. The van der Waals surface area contributed by atoms with Gasteiger partial charge in [0.05, 0.1) is 11.0 Å². The van der Waals surface area contributed by atoms with Crippen LogP contribution in [0.2, 0.25) is 0 Å². The van der Waals surface area contributed by atoms with Crippen molar-refractivity contribution in [2.75, 3.05) is 45.8 Å². The van der Waals surface area contributed by atoms with Gasteiger partial charge in [0.15, 0.2) is 0 Å². The van der Waals surface area contributed by atoms with E-state index >= 15 is 0 Å². The molecule has 0 aliphatic carbocycles. The van der Waals surface area contributed by atoms with E-state index in [1.807, 2.05) is 37.3 Å². The zero-order valence-corrected chi connectivity index (χ0v) is 24.9. The van der Waals surface area contributed by atoms with E-state index in [1.165, 1.54) is 11.1 Å². The first-order valence-corrected chi connectivity index (χ1v) is 14.9. The van der Waals surface area contributed by atoms with Crippen molar-refractivity contribution in [2.45, 2.75) is 51.5 Å². The van der Waals surface area contributed by atoms with Gasteiger partial charge in [-0.1, -0.05) is 43.3 Å². The summed E-state index contributed by atoms with van der Waals surface area (Å²) < 4.78 is 7.67. The van der Waals surface area contributed by atoms with Crippen LogP contribution in [0.15, 0.2) is 66.9 Å². The van der Waals surface area contributed by atoms with Crippen molar-refractivity contribution in [3.63, 3.8) is 0 Å². The summed E-state index contributed by atoms with van der Waals surface area (Å²) in [5.74, 6) is 2.84. The number of imidazole rings is 1. The largest absolute Gasteiger partial charge is 0.385 e. The average molecular weight is 554 g/mol. The van der Waals surface area contributed by atoms with Crippen molar-refractivity contribution >= 4 is 22.8 Å². The van der Waals surface area contributed by atoms with E-state index < -0.39 is 0 Å². The summed E-state index contributed by atoms with van der Waals surface area (Å²) in [5.41, 5.74) is 5.72. The molecule has 2 atom stereocenters. The van der Waals surface area contributed by atoms with E-state index in [0.717, 1.165) is 80.2 Å². The number of hydrogen-bond acceptors (Lipinski definition) is 5. The predicted molar refractivity (Wildman–Crippen MR) is 166 cm³/mol. The first-order valence-electron chi connectivity index (χ1n) is 14.9. The minimum absolute atomic E-state index is 0.256. The Morgan fingerprint density at radius 3 is 2.59 bits per heavy atom. The molecule has 0 unspecified atom stereocenters. The fraction of sp³-hybridized carbons (Fsp3) is 0.441. The van der Waals surface area contributed by atoms with E-state index in [2.05, 4.69) is 69.9 Å². The maximum atomic E-state index is 13.4. The van der Waals surface area contributed by atoms with Crippen LogP contribution in [0.25, 0.3) is 22.2 Å². The Bertz CT molecular complexity index is 1430. The molecule has 0 bridgehead atoms. The molecule has 41 heavy (non-hydrogen) atoms. The summed E-state index contributed by atoms with van der Waals surface area (Å²) in [5, 5.41) is 0. The van der Waals surface area contributed by atoms with Crippen molar-refractivity contribution in [1.29, 1.82) is 0 Å². The lowest BCUT2D eigenvalue weighted by molar-refractivity contribution is -0.133. The summed E-state index contributed by atoms with van der Waals surface area (Å²) in [7, 11) is 5.74. The summed E-state index contributed by atoms with van der Waals surface area (Å²) in [4.78, 5) is 27.1. The molecule has 3 heterocycles. The van der Waals surface area contributed by atoms with Gasteiger partial charge in [-0.25, -0.2) is 9.97 Å². The number of amides is 1. The average Bonchev–Trinajstić information content (AvgIpc) is 3.36. The predicted octanol–water partition coefficient (Wildman–Crippen LogP) is 6.18. The Labute approximate surface area is 244 Å². The molecule has 7 nitrogen and oxygen atoms in total. The van der Waals surface area contributed by atoms with Gasteiger partial charge in [-0.2, -0.15) is 0 Å². The van der Waals surface area contributed by atoms with E-state index in [1.54, 1.807) is 7.11 Å². The lowest BCUT2D eigenvalue weighted by Crippen LogP contribution is -2.40. The number of carbonyl (C=O) groups excluding carboxylic acids is 1. The topological polar surface area (TPSA) is 63.5 Å². The van der Waals surface area contributed by atoms with E-state index in [-0.39, 0.29) is 17.7 Å². The number of ether oxygens (including phenoxy) is 1. The minimum atomic E-state index is 0.256. The number of aryl methyl sites for hydroxylation is 1. The summed E-state index contributed by atoms with van der Waals surface area (Å²) in [6.45, 7) is 5.37. The normalized spacial score (nSPS) is 16.2. The number of aromatic nitrogens is 3. The molecule has 5 rings (SSSR count). The molecule has 1 saturated heterocycles. The minimum Gasteiger partial charge on any atom is -0.385 e. The number of methoxy groups -OCH3 is 1. The highest BCUT2D eigenvalue weighted by Crippen LogP contribution is 2.30. The number of carbonyl (C=O) groups is 1. The maximum absolute atomic E-state index is 13.4. The fourth-order valence-corrected chi connectivity index (χ4v) is 5.98. The molecule has 0 spiro atoms. The number of rotatable bonds is 11. The number of benzene rings is 2. The van der Waals surface area contributed by atoms with Gasteiger partial charge in [-0.3, -0.25) is 4.79 Å². The molecule has 4 aromatic rings. The van der Waals surface area contributed by atoms with Crippen LogP contribution < -0.4 is 4.90 Å². The number of pyridine rings is 1. The highest BCUT2D eigenvalue weighted by atomic mass is 16.5. The monoisotopic (exact) mass is 553 g/mol. The number of likely N-dealkylation sites (tertiary alicyclic amines) is 1. The van der Waals surface area contributed by atoms with Crippen LogP contribution in [0.4, 0.5) is 5.82 Å². The van der Waals surface area contributed by atoms with Gasteiger partial charge in [0.25, 0.3) is 0 Å². The number of nitrogens with zero attached hydrogens (tertiary/aromatic N) is 5. The Balaban J connectivity index is 1.19. The zero-order valence-electron chi connectivity index (χ0n) is 24.9. The molecule has 216 valence electrons. The van der Waals surface area contributed by atoms with Crippen molar-refractivity contribution in [1.82, 2.24) is 19.4 Å². The second-order valence-electron chi connectivity index (χ2n) is 11.6. The zero-order chi connectivity index (χ0) is 28.8. The highest BCUT2D eigenvalue weighted by molar-refractivity contribution is 5.77. The summed E-state index contributed by atoms with van der Waals surface area (Å²) in [6.07, 6.45) is 6.39. The molecule has 1 amide bonds. The van der Waals surface area contributed by atoms with Crippen LogP contribution in [0.1, 0.15) is 49.9 Å². The standard InChI is InChI=1S/C34H43N5O2/c1-25(21-26-12-14-27(15-13-26)28-16-17-32(35-23-28)37(2)3)22-33(40)38-18-7-9-29(24-38)34-36-30-10-5-6-11-31(30)39(34)19-8-20-41-4/h5-6,10-17,23,25,29H,7-9,18-22,24H2,1-4H3/t25-,29-/m1/s1. The van der Waals surface area contributed by atoms with Crippen LogP contribution in [0, 0.1) is 5.92 Å². The molecule has 0 radical (unpaired) electrons. The quantitative estimate of drug-likeness (QED) is 0.208. The Kier molecular flexibility index (Phi) is 9.35. The van der Waals surface area contributed by atoms with E-state index in [0.29, 0.717) is 6.42 Å².